The van der Waals surface area contributed by atoms with Crippen molar-refractivity contribution in [2.24, 2.45) is 0 Å². The van der Waals surface area contributed by atoms with Crippen molar-refractivity contribution in [3.05, 3.63) is 53.9 Å². The first-order chi connectivity index (χ1) is 23.6. The number of hydrogen-bond donors (Lipinski definition) is 1. The van der Waals surface area contributed by atoms with Gasteiger partial charge in [0.1, 0.15) is 41.6 Å². The van der Waals surface area contributed by atoms with Crippen LogP contribution in [0.25, 0.3) is 32.1 Å². The minimum Gasteiger partial charge on any atom is -0.461 e. The summed E-state index contributed by atoms with van der Waals surface area (Å²) in [6.45, 7) is 10.2. The number of fused-ring (bicyclic) bond motifs is 3. The van der Waals surface area contributed by atoms with Gasteiger partial charge in [0.05, 0.1) is 32.9 Å². The molecule has 1 amide bonds. The minimum atomic E-state index is -0.928. The first kappa shape index (κ1) is 32.7. The molecule has 10 nitrogen and oxygen atoms in total. The summed E-state index contributed by atoms with van der Waals surface area (Å²) >= 11 is 0.992. The van der Waals surface area contributed by atoms with Crippen LogP contribution in [0.2, 0.25) is 0 Å². The number of ether oxygens (including phenoxy) is 1. The van der Waals surface area contributed by atoms with Gasteiger partial charge in [-0.1, -0.05) is 18.7 Å². The number of nitrogens with zero attached hydrogens (tertiary/aromatic N) is 7. The molecule has 0 radical (unpaired) electrons. The number of nitrogen functional groups attached to an aromatic ring is 1. The predicted molar refractivity (Wildman–Crippen MR) is 186 cm³/mol. The molecule has 2 aromatic carbocycles. The topological polar surface area (TPSA) is 135 Å². The van der Waals surface area contributed by atoms with Gasteiger partial charge in [-0.2, -0.15) is 20.5 Å². The molecule has 3 aliphatic heterocycles. The molecule has 2 N–H and O–H groups in total. The highest BCUT2D eigenvalue weighted by Crippen LogP contribution is 2.44. The number of carbonyl (C=O) groups excluding carboxylic acids is 1. The largest absolute Gasteiger partial charge is 0.461 e. The quantitative estimate of drug-likeness (QED) is 0.224. The number of carbonyl (C=O) groups is 1. The van der Waals surface area contributed by atoms with Crippen molar-refractivity contribution in [2.75, 3.05) is 43.4 Å². The van der Waals surface area contributed by atoms with E-state index in [1.54, 1.807) is 17.0 Å². The van der Waals surface area contributed by atoms with E-state index in [1.807, 2.05) is 19.9 Å². The molecule has 2 unspecified atom stereocenters. The maximum atomic E-state index is 15.0. The first-order valence-corrected chi connectivity index (χ1v) is 17.3. The molecule has 2 aromatic heterocycles. The van der Waals surface area contributed by atoms with Crippen LogP contribution in [0.5, 0.6) is 6.01 Å². The lowest BCUT2D eigenvalue weighted by atomic mass is 9.93. The third-order valence-corrected chi connectivity index (χ3v) is 11.6. The Morgan fingerprint density at radius 1 is 1.22 bits per heavy atom. The summed E-state index contributed by atoms with van der Waals surface area (Å²) < 4.78 is 36.2. The molecule has 49 heavy (non-hydrogen) atoms. The van der Waals surface area contributed by atoms with Crippen LogP contribution in [-0.2, 0) is 4.79 Å². The lowest BCUT2D eigenvalue weighted by molar-refractivity contribution is -0.126. The van der Waals surface area contributed by atoms with Crippen LogP contribution < -0.4 is 15.4 Å². The standard InChI is InChI=1S/C36H36F2N8O2S/c1-4-29(47)46-14-11-28(20(46)3)45(5-2)34-24-8-7-22(23-9-10-27(38)32-30(23)26(17-40)33(41)49-32)25(16-39)31(24)42-35(43-34)48-19-36-12-6-13-44(36)18-21(37)15-36/h4,7-10,20-21,28H,1,5-6,11-15,18-19,41H2,2-3H3/t20?,21-,28?,36+/m1/s1. The molecule has 4 atom stereocenters. The Kier molecular flexibility index (Phi) is 8.37. The van der Waals surface area contributed by atoms with Gasteiger partial charge in [-0.3, -0.25) is 9.69 Å². The third kappa shape index (κ3) is 5.23. The molecule has 4 aromatic rings. The molecule has 0 bridgehead atoms. The van der Waals surface area contributed by atoms with Gasteiger partial charge in [-0.25, -0.2) is 8.78 Å². The average molecular weight is 683 g/mol. The second kappa shape index (κ2) is 12.6. The van der Waals surface area contributed by atoms with Gasteiger partial charge in [0.2, 0.25) is 5.91 Å². The number of likely N-dealkylation sites (tertiary alicyclic amines) is 1. The van der Waals surface area contributed by atoms with Crippen LogP contribution in [0.15, 0.2) is 36.9 Å². The zero-order valence-corrected chi connectivity index (χ0v) is 28.2. The molecular formula is C36H36F2N8O2S. The molecule has 3 fully saturated rings. The summed E-state index contributed by atoms with van der Waals surface area (Å²) in [5.74, 6) is -0.0984. The zero-order valence-electron chi connectivity index (χ0n) is 27.4. The molecule has 13 heteroatoms. The number of hydrogen-bond acceptors (Lipinski definition) is 10. The Bertz CT molecular complexity index is 2090. The van der Waals surface area contributed by atoms with E-state index < -0.39 is 17.5 Å². The maximum absolute atomic E-state index is 15.0. The second-order valence-corrected chi connectivity index (χ2v) is 14.1. The van der Waals surface area contributed by atoms with Gasteiger partial charge in [-0.15, -0.1) is 11.3 Å². The number of amides is 1. The van der Waals surface area contributed by atoms with E-state index in [0.29, 0.717) is 65.7 Å². The van der Waals surface area contributed by atoms with E-state index in [1.165, 1.54) is 12.1 Å². The number of anilines is 2. The number of likely N-dealkylation sites (N-methyl/N-ethyl adjacent to an activating group) is 1. The Morgan fingerprint density at radius 3 is 2.73 bits per heavy atom. The number of aromatic nitrogens is 2. The molecule has 0 spiro atoms. The smallest absolute Gasteiger partial charge is 0.319 e. The third-order valence-electron chi connectivity index (χ3n) is 10.6. The van der Waals surface area contributed by atoms with Crippen molar-refractivity contribution in [2.45, 2.75) is 63.3 Å². The van der Waals surface area contributed by atoms with Crippen molar-refractivity contribution < 1.29 is 18.3 Å². The van der Waals surface area contributed by atoms with Crippen LogP contribution in [0.4, 0.5) is 19.6 Å². The lowest BCUT2D eigenvalue weighted by Crippen LogP contribution is -2.45. The van der Waals surface area contributed by atoms with E-state index >= 15 is 0 Å². The summed E-state index contributed by atoms with van der Waals surface area (Å²) in [5.41, 5.74) is 7.32. The van der Waals surface area contributed by atoms with Crippen LogP contribution in [0, 0.1) is 28.5 Å². The summed E-state index contributed by atoms with van der Waals surface area (Å²) in [5, 5.41) is 21.8. The van der Waals surface area contributed by atoms with Crippen molar-refractivity contribution >= 4 is 49.1 Å². The van der Waals surface area contributed by atoms with Gasteiger partial charge in [0.15, 0.2) is 0 Å². The summed E-state index contributed by atoms with van der Waals surface area (Å²) in [7, 11) is 0. The number of benzene rings is 2. The highest BCUT2D eigenvalue weighted by Gasteiger charge is 2.49. The molecule has 7 rings (SSSR count). The van der Waals surface area contributed by atoms with Crippen LogP contribution >= 0.6 is 11.3 Å². The van der Waals surface area contributed by atoms with Gasteiger partial charge in [-0.05, 0) is 63.4 Å². The Labute approximate surface area is 287 Å². The molecular weight excluding hydrogens is 647 g/mol. The Morgan fingerprint density at radius 2 is 2.00 bits per heavy atom. The molecule has 5 heterocycles. The molecule has 3 aliphatic rings. The number of nitrogens with two attached hydrogens (primary N) is 1. The van der Waals surface area contributed by atoms with Crippen LogP contribution in [-0.4, -0.2) is 82.3 Å². The second-order valence-electron chi connectivity index (χ2n) is 13.1. The van der Waals surface area contributed by atoms with Crippen molar-refractivity contribution in [3.8, 4) is 29.3 Å². The van der Waals surface area contributed by atoms with Gasteiger partial charge in [0, 0.05) is 48.4 Å². The zero-order chi connectivity index (χ0) is 34.6. The fourth-order valence-corrected chi connectivity index (χ4v) is 9.21. The highest BCUT2D eigenvalue weighted by molar-refractivity contribution is 7.23. The van der Waals surface area contributed by atoms with Crippen LogP contribution in [0.3, 0.4) is 0 Å². The fraction of sp³-hybridized carbons (Fsp3) is 0.417. The van der Waals surface area contributed by atoms with Gasteiger partial charge >= 0.3 is 6.01 Å². The fourth-order valence-electron chi connectivity index (χ4n) is 8.26. The first-order valence-electron chi connectivity index (χ1n) is 16.5. The highest BCUT2D eigenvalue weighted by atomic mass is 32.1. The number of thiophene rings is 1. The summed E-state index contributed by atoms with van der Waals surface area (Å²) in [4.78, 5) is 28.5. The van der Waals surface area contributed by atoms with E-state index in [9.17, 15) is 24.1 Å². The van der Waals surface area contributed by atoms with E-state index in [4.69, 9.17) is 20.4 Å². The van der Waals surface area contributed by atoms with E-state index in [-0.39, 0.29) is 51.4 Å². The molecule has 0 saturated carbocycles. The Balaban J connectivity index is 1.40. The molecule has 252 valence electrons. The average Bonchev–Trinajstić information content (AvgIpc) is 3.84. The Hall–Kier alpha value is -4.85. The molecule has 0 aliphatic carbocycles. The number of halogens is 2. The SMILES string of the molecule is C=CC(=O)N1CCC(N(CC)c2nc(OC[C@@]34CCCN3C[C@H](F)C4)nc3c(C#N)c(-c4ccc(F)c5sc(N)c(C#N)c45)ccc23)C1C. The number of nitriles is 2. The van der Waals surface area contributed by atoms with E-state index in [0.717, 1.165) is 30.7 Å². The predicted octanol–water partition coefficient (Wildman–Crippen LogP) is 5.93. The van der Waals surface area contributed by atoms with Crippen molar-refractivity contribution in [3.63, 3.8) is 0 Å². The van der Waals surface area contributed by atoms with Gasteiger partial charge < -0.3 is 20.3 Å². The van der Waals surface area contributed by atoms with E-state index in [2.05, 4.69) is 28.5 Å². The number of rotatable bonds is 8. The summed E-state index contributed by atoms with van der Waals surface area (Å²) in [6.07, 6.45) is 3.22. The molecule has 3 saturated heterocycles. The van der Waals surface area contributed by atoms with Crippen molar-refractivity contribution in [1.29, 1.82) is 10.5 Å². The monoisotopic (exact) mass is 682 g/mol. The maximum Gasteiger partial charge on any atom is 0.319 e. The van der Waals surface area contributed by atoms with Crippen LogP contribution in [0.1, 0.15) is 50.7 Å². The lowest BCUT2D eigenvalue weighted by Gasteiger charge is -2.34. The summed E-state index contributed by atoms with van der Waals surface area (Å²) in [6, 6.07) is 10.7. The normalized spacial score (nSPS) is 23.5. The van der Waals surface area contributed by atoms with Crippen molar-refractivity contribution in [1.82, 2.24) is 19.8 Å². The number of alkyl halides is 1. The minimum absolute atomic E-state index is 0.0598. The van der Waals surface area contributed by atoms with Gasteiger partial charge in [0.25, 0.3) is 0 Å².